The molecule has 4 aromatic carbocycles. The Morgan fingerprint density at radius 3 is 2.12 bits per heavy atom. The predicted octanol–water partition coefficient (Wildman–Crippen LogP) is 7.76. The lowest BCUT2D eigenvalue weighted by molar-refractivity contribution is 0.288. The van der Waals surface area contributed by atoms with Gasteiger partial charge in [0.2, 0.25) is 0 Å². The van der Waals surface area contributed by atoms with E-state index >= 15 is 0 Å². The fourth-order valence-corrected chi connectivity index (χ4v) is 4.50. The van der Waals surface area contributed by atoms with Gasteiger partial charge in [0.05, 0.1) is 12.5 Å². The van der Waals surface area contributed by atoms with Crippen LogP contribution in [0.15, 0.2) is 108 Å². The van der Waals surface area contributed by atoms with Gasteiger partial charge in [-0.2, -0.15) is 0 Å². The van der Waals surface area contributed by atoms with Crippen LogP contribution in [0.4, 0.5) is 0 Å². The lowest BCUT2D eigenvalue weighted by atomic mass is 9.86. The van der Waals surface area contributed by atoms with Crippen molar-refractivity contribution in [1.29, 1.82) is 0 Å². The number of furan rings is 1. The molecule has 33 heavy (non-hydrogen) atoms. The molecule has 1 N–H and O–H groups in total. The summed E-state index contributed by atoms with van der Waals surface area (Å²) in [7, 11) is 0. The van der Waals surface area contributed by atoms with Gasteiger partial charge in [0.15, 0.2) is 0 Å². The molecule has 0 aliphatic heterocycles. The number of benzene rings is 4. The molecule has 0 unspecified atom stereocenters. The van der Waals surface area contributed by atoms with E-state index < -0.39 is 0 Å². The Hall–Kier alpha value is -3.36. The Bertz CT molecular complexity index is 1220. The molecule has 2 heteroatoms. The minimum atomic E-state index is 0.287. The number of fused-ring (bicyclic) bond motifs is 5. The van der Waals surface area contributed by atoms with Gasteiger partial charge in [-0.1, -0.05) is 78.9 Å². The van der Waals surface area contributed by atoms with E-state index in [1.807, 2.05) is 30.3 Å². The minimum Gasteiger partial charge on any atom is -0.473 e. The Kier molecular flexibility index (Phi) is 8.32. The van der Waals surface area contributed by atoms with E-state index in [1.54, 1.807) is 23.7 Å². The molecule has 1 aliphatic rings. The third-order valence-corrected chi connectivity index (χ3v) is 6.15. The second-order valence-electron chi connectivity index (χ2n) is 8.40. The van der Waals surface area contributed by atoms with Crippen molar-refractivity contribution in [2.24, 2.45) is 0 Å². The zero-order chi connectivity index (χ0) is 22.7. The molecule has 0 bridgehead atoms. The average Bonchev–Trinajstić information content (AvgIpc) is 3.49. The Morgan fingerprint density at radius 2 is 1.36 bits per heavy atom. The maximum Gasteiger partial charge on any atom is 0.0902 e. The second kappa shape index (κ2) is 12.0. The number of hydrogen-bond acceptors (Lipinski definition) is 2. The van der Waals surface area contributed by atoms with Crippen LogP contribution in [-0.2, 0) is 19.3 Å². The van der Waals surface area contributed by atoms with Crippen molar-refractivity contribution in [3.63, 3.8) is 0 Å². The van der Waals surface area contributed by atoms with Gasteiger partial charge < -0.3 is 9.52 Å². The SMILES string of the molecule is OCCCc1ccccc1.c1ccc2c(c1)ccc1c3c(ccc12)CCCC3.c1ccoc1. The highest BCUT2D eigenvalue weighted by Crippen LogP contribution is 2.33. The molecule has 0 radical (unpaired) electrons. The van der Waals surface area contributed by atoms with Crippen LogP contribution in [0, 0.1) is 0 Å². The van der Waals surface area contributed by atoms with E-state index in [0.29, 0.717) is 0 Å². The summed E-state index contributed by atoms with van der Waals surface area (Å²) in [6.07, 6.45) is 10.3. The number of aliphatic hydroxyl groups is 1. The Labute approximate surface area is 196 Å². The molecule has 0 saturated heterocycles. The van der Waals surface area contributed by atoms with Crippen LogP contribution < -0.4 is 0 Å². The summed E-state index contributed by atoms with van der Waals surface area (Å²) in [5.74, 6) is 0. The first-order valence-corrected chi connectivity index (χ1v) is 11.9. The van der Waals surface area contributed by atoms with Crippen LogP contribution in [0.25, 0.3) is 21.5 Å². The zero-order valence-electron chi connectivity index (χ0n) is 19.1. The second-order valence-corrected chi connectivity index (χ2v) is 8.40. The van der Waals surface area contributed by atoms with Crippen LogP contribution in [0.1, 0.15) is 36.0 Å². The molecule has 0 amide bonds. The van der Waals surface area contributed by atoms with Gasteiger partial charge >= 0.3 is 0 Å². The molecule has 0 fully saturated rings. The molecule has 0 atom stereocenters. The number of hydrogen-bond donors (Lipinski definition) is 1. The Morgan fingerprint density at radius 1 is 0.636 bits per heavy atom. The molecule has 0 saturated carbocycles. The smallest absolute Gasteiger partial charge is 0.0902 e. The maximum atomic E-state index is 8.53. The van der Waals surface area contributed by atoms with E-state index in [4.69, 9.17) is 5.11 Å². The molecule has 0 spiro atoms. The first-order chi connectivity index (χ1) is 16.4. The Balaban J connectivity index is 0.000000145. The standard InChI is InChI=1S/C18H16.C9H12O.C4H4O/c1-3-7-15-13(5-1)9-11-18-16-8-4-2-6-14(16)10-12-17(15)18;10-8-4-7-9-5-2-1-3-6-9;1-2-4-5-3-1/h1,3,5,7,9-12H,2,4,6,8H2;1-3,5-6,10H,4,7-8H2;1-4H. The highest BCUT2D eigenvalue weighted by atomic mass is 16.3. The average molecular weight is 437 g/mol. The summed E-state index contributed by atoms with van der Waals surface area (Å²) in [5.41, 5.74) is 4.48. The van der Waals surface area contributed by atoms with Gasteiger partial charge in [0, 0.05) is 6.61 Å². The fourth-order valence-electron chi connectivity index (χ4n) is 4.50. The third-order valence-electron chi connectivity index (χ3n) is 6.15. The van der Waals surface area contributed by atoms with Crippen molar-refractivity contribution in [2.75, 3.05) is 6.61 Å². The first kappa shape index (κ1) is 22.8. The van der Waals surface area contributed by atoms with Crippen LogP contribution in [-0.4, -0.2) is 11.7 Å². The van der Waals surface area contributed by atoms with Gasteiger partial charge in [-0.3, -0.25) is 0 Å². The molecule has 1 heterocycles. The monoisotopic (exact) mass is 436 g/mol. The first-order valence-electron chi connectivity index (χ1n) is 11.9. The summed E-state index contributed by atoms with van der Waals surface area (Å²) >= 11 is 0. The molecule has 6 rings (SSSR count). The van der Waals surface area contributed by atoms with Crippen molar-refractivity contribution in [3.8, 4) is 0 Å². The largest absolute Gasteiger partial charge is 0.473 e. The van der Waals surface area contributed by atoms with E-state index in [9.17, 15) is 0 Å². The summed E-state index contributed by atoms with van der Waals surface area (Å²) in [6, 6.07) is 31.8. The van der Waals surface area contributed by atoms with Crippen LogP contribution in [0.5, 0.6) is 0 Å². The number of rotatable bonds is 3. The highest BCUT2D eigenvalue weighted by molar-refractivity contribution is 6.08. The molecule has 5 aromatic rings. The van der Waals surface area contributed by atoms with Crippen molar-refractivity contribution in [2.45, 2.75) is 38.5 Å². The molecular weight excluding hydrogens is 404 g/mol. The third kappa shape index (κ3) is 6.12. The summed E-state index contributed by atoms with van der Waals surface area (Å²) in [6.45, 7) is 0.287. The molecule has 1 aliphatic carbocycles. The quantitative estimate of drug-likeness (QED) is 0.293. The van der Waals surface area contributed by atoms with Gasteiger partial charge in [-0.05, 0) is 88.9 Å². The summed E-state index contributed by atoms with van der Waals surface area (Å²) < 4.78 is 4.58. The highest BCUT2D eigenvalue weighted by Gasteiger charge is 2.13. The molecule has 168 valence electrons. The molecular formula is C31H32O2. The predicted molar refractivity (Wildman–Crippen MR) is 139 cm³/mol. The van der Waals surface area contributed by atoms with Crippen LogP contribution in [0.3, 0.4) is 0 Å². The van der Waals surface area contributed by atoms with E-state index in [0.717, 1.165) is 12.8 Å². The van der Waals surface area contributed by atoms with Crippen molar-refractivity contribution < 1.29 is 9.52 Å². The van der Waals surface area contributed by atoms with Gasteiger partial charge in [0.25, 0.3) is 0 Å². The van der Waals surface area contributed by atoms with Gasteiger partial charge in [-0.15, -0.1) is 0 Å². The van der Waals surface area contributed by atoms with E-state index in [-0.39, 0.29) is 6.61 Å². The molecule has 1 aromatic heterocycles. The lowest BCUT2D eigenvalue weighted by Gasteiger charge is -2.18. The fraction of sp³-hybridized carbons (Fsp3) is 0.226. The van der Waals surface area contributed by atoms with Gasteiger partial charge in [0.1, 0.15) is 0 Å². The van der Waals surface area contributed by atoms with Crippen molar-refractivity contribution >= 4 is 21.5 Å². The normalized spacial score (nSPS) is 12.3. The molecule has 2 nitrogen and oxygen atoms in total. The summed E-state index contributed by atoms with van der Waals surface area (Å²) in [5, 5.41) is 14.2. The minimum absolute atomic E-state index is 0.287. The van der Waals surface area contributed by atoms with Crippen molar-refractivity contribution in [1.82, 2.24) is 0 Å². The van der Waals surface area contributed by atoms with Crippen molar-refractivity contribution in [3.05, 3.63) is 120 Å². The van der Waals surface area contributed by atoms with Crippen LogP contribution in [0.2, 0.25) is 0 Å². The summed E-state index contributed by atoms with van der Waals surface area (Å²) in [4.78, 5) is 0. The van der Waals surface area contributed by atoms with E-state index in [1.165, 1.54) is 52.8 Å². The number of aryl methyl sites for hydroxylation is 3. The maximum absolute atomic E-state index is 8.53. The lowest BCUT2D eigenvalue weighted by Crippen LogP contribution is -2.02. The topological polar surface area (TPSA) is 33.4 Å². The zero-order valence-corrected chi connectivity index (χ0v) is 19.1. The van der Waals surface area contributed by atoms with Gasteiger partial charge in [-0.25, -0.2) is 0 Å². The van der Waals surface area contributed by atoms with E-state index in [2.05, 4.69) is 65.1 Å². The number of aliphatic hydroxyl groups excluding tert-OH is 1. The van der Waals surface area contributed by atoms with Crippen LogP contribution >= 0.6 is 0 Å².